The van der Waals surface area contributed by atoms with Gasteiger partial charge in [0.1, 0.15) is 5.75 Å². The van der Waals surface area contributed by atoms with Gasteiger partial charge in [-0.25, -0.2) is 0 Å². The first-order chi connectivity index (χ1) is 12.9. The van der Waals surface area contributed by atoms with Crippen LogP contribution in [0.15, 0.2) is 48.5 Å². The molecule has 144 valence electrons. The molecule has 7 heteroatoms. The van der Waals surface area contributed by atoms with Crippen molar-refractivity contribution in [3.8, 4) is 5.75 Å². The van der Waals surface area contributed by atoms with Crippen LogP contribution in [0.3, 0.4) is 0 Å². The number of rotatable bonds is 8. The fourth-order valence-corrected chi connectivity index (χ4v) is 2.73. The molecule has 0 saturated carbocycles. The molecule has 0 aliphatic heterocycles. The van der Waals surface area contributed by atoms with Gasteiger partial charge in [-0.2, -0.15) is 0 Å². The van der Waals surface area contributed by atoms with Crippen molar-refractivity contribution in [3.05, 3.63) is 53.6 Å². The summed E-state index contributed by atoms with van der Waals surface area (Å²) in [5.41, 5.74) is 1.22. The van der Waals surface area contributed by atoms with Gasteiger partial charge >= 0.3 is 0 Å². The molecule has 0 heterocycles. The maximum Gasteiger partial charge on any atom is 0.241 e. The lowest BCUT2D eigenvalue weighted by atomic mass is 10.2. The third-order valence-corrected chi connectivity index (χ3v) is 4.52. The van der Waals surface area contributed by atoms with Crippen LogP contribution in [0.4, 0.5) is 11.4 Å². The lowest BCUT2D eigenvalue weighted by Gasteiger charge is -2.26. The number of methoxy groups -OCH3 is 1. The Balaban J connectivity index is 1.94. The van der Waals surface area contributed by atoms with Crippen LogP contribution in [-0.4, -0.2) is 43.0 Å². The monoisotopic (exact) mass is 389 g/mol. The van der Waals surface area contributed by atoms with Gasteiger partial charge in [0.15, 0.2) is 0 Å². The van der Waals surface area contributed by atoms with E-state index in [9.17, 15) is 9.59 Å². The first-order valence-corrected chi connectivity index (χ1v) is 9.05. The zero-order chi connectivity index (χ0) is 19.8. The highest BCUT2D eigenvalue weighted by molar-refractivity contribution is 6.33. The van der Waals surface area contributed by atoms with Crippen molar-refractivity contribution in [2.45, 2.75) is 19.9 Å². The van der Waals surface area contributed by atoms with Crippen molar-refractivity contribution < 1.29 is 14.3 Å². The van der Waals surface area contributed by atoms with E-state index in [1.54, 1.807) is 67.5 Å². The number of benzene rings is 2. The zero-order valence-electron chi connectivity index (χ0n) is 15.7. The molecule has 2 aromatic rings. The van der Waals surface area contributed by atoms with Crippen molar-refractivity contribution in [3.63, 3.8) is 0 Å². The molecule has 0 saturated heterocycles. The topological polar surface area (TPSA) is 70.7 Å². The van der Waals surface area contributed by atoms with Gasteiger partial charge in [0.25, 0.3) is 0 Å². The third kappa shape index (κ3) is 5.98. The summed E-state index contributed by atoms with van der Waals surface area (Å²) in [4.78, 5) is 26.6. The van der Waals surface area contributed by atoms with Crippen LogP contribution < -0.4 is 15.4 Å². The van der Waals surface area contributed by atoms with Crippen molar-refractivity contribution in [1.29, 1.82) is 0 Å². The average Bonchev–Trinajstić information content (AvgIpc) is 2.68. The Bertz CT molecular complexity index is 780. The van der Waals surface area contributed by atoms with Crippen LogP contribution in [0.25, 0.3) is 0 Å². The molecule has 1 atom stereocenters. The second-order valence-corrected chi connectivity index (χ2v) is 6.39. The summed E-state index contributed by atoms with van der Waals surface area (Å²) in [5, 5.41) is 6.09. The molecule has 1 unspecified atom stereocenters. The first kappa shape index (κ1) is 20.7. The number of nitrogens with one attached hydrogen (secondary N) is 2. The van der Waals surface area contributed by atoms with E-state index < -0.39 is 6.04 Å². The molecule has 6 nitrogen and oxygen atoms in total. The van der Waals surface area contributed by atoms with E-state index in [4.69, 9.17) is 16.3 Å². The molecule has 0 aliphatic rings. The molecule has 2 aromatic carbocycles. The summed E-state index contributed by atoms with van der Waals surface area (Å²) < 4.78 is 5.10. The summed E-state index contributed by atoms with van der Waals surface area (Å²) in [7, 11) is 1.59. The fraction of sp³-hybridized carbons (Fsp3) is 0.300. The van der Waals surface area contributed by atoms with Gasteiger partial charge in [-0.1, -0.05) is 30.7 Å². The van der Waals surface area contributed by atoms with Crippen LogP contribution in [0.1, 0.15) is 13.8 Å². The van der Waals surface area contributed by atoms with Crippen LogP contribution in [0, 0.1) is 0 Å². The number of anilines is 2. The lowest BCUT2D eigenvalue weighted by Crippen LogP contribution is -2.45. The SMILES string of the molecule is CCN(CC(=O)Nc1ccc(OC)cc1)C(C)C(=O)Nc1ccccc1Cl. The largest absolute Gasteiger partial charge is 0.497 e. The summed E-state index contributed by atoms with van der Waals surface area (Å²) in [6.07, 6.45) is 0. The first-order valence-electron chi connectivity index (χ1n) is 8.68. The number of nitrogens with zero attached hydrogens (tertiary/aromatic N) is 1. The number of amides is 2. The number of para-hydroxylation sites is 1. The van der Waals surface area contributed by atoms with Crippen LogP contribution in [-0.2, 0) is 9.59 Å². The van der Waals surface area contributed by atoms with E-state index in [1.807, 2.05) is 6.92 Å². The Labute approximate surface area is 164 Å². The molecule has 2 amide bonds. The summed E-state index contributed by atoms with van der Waals surface area (Å²) in [5.74, 6) is 0.301. The minimum atomic E-state index is -0.493. The highest BCUT2D eigenvalue weighted by Crippen LogP contribution is 2.21. The molecule has 2 N–H and O–H groups in total. The molecule has 0 bridgehead atoms. The molecule has 0 fully saturated rings. The van der Waals surface area contributed by atoms with Gasteiger partial charge in [0, 0.05) is 5.69 Å². The maximum absolute atomic E-state index is 12.5. The number of carbonyl (C=O) groups is 2. The van der Waals surface area contributed by atoms with Gasteiger partial charge in [-0.3, -0.25) is 14.5 Å². The number of carbonyl (C=O) groups excluding carboxylic acids is 2. The summed E-state index contributed by atoms with van der Waals surface area (Å²) in [6, 6.07) is 13.6. The fourth-order valence-electron chi connectivity index (χ4n) is 2.55. The highest BCUT2D eigenvalue weighted by Gasteiger charge is 2.22. The smallest absolute Gasteiger partial charge is 0.241 e. The second kappa shape index (κ2) is 9.94. The number of ether oxygens (including phenoxy) is 1. The minimum absolute atomic E-state index is 0.0969. The predicted molar refractivity (Wildman–Crippen MR) is 108 cm³/mol. The van der Waals surface area contributed by atoms with E-state index >= 15 is 0 Å². The maximum atomic E-state index is 12.5. The predicted octanol–water partition coefficient (Wildman–Crippen LogP) is 3.64. The van der Waals surface area contributed by atoms with Gasteiger partial charge in [-0.15, -0.1) is 0 Å². The molecular formula is C20H24ClN3O3. The van der Waals surface area contributed by atoms with E-state index in [0.717, 1.165) is 0 Å². The Morgan fingerprint density at radius 1 is 1.11 bits per heavy atom. The second-order valence-electron chi connectivity index (χ2n) is 5.98. The average molecular weight is 390 g/mol. The lowest BCUT2D eigenvalue weighted by molar-refractivity contribution is -0.123. The number of halogens is 1. The highest BCUT2D eigenvalue weighted by atomic mass is 35.5. The van der Waals surface area contributed by atoms with Gasteiger partial charge < -0.3 is 15.4 Å². The minimum Gasteiger partial charge on any atom is -0.497 e. The van der Waals surface area contributed by atoms with Crippen molar-refractivity contribution in [2.24, 2.45) is 0 Å². The standard InChI is InChI=1S/C20H24ClN3O3/c1-4-24(13-19(25)22-15-9-11-16(27-3)12-10-15)14(2)20(26)23-18-8-6-5-7-17(18)21/h5-12,14H,4,13H2,1-3H3,(H,22,25)(H,23,26). The molecule has 2 rings (SSSR count). The molecular weight excluding hydrogens is 366 g/mol. The number of likely N-dealkylation sites (N-methyl/N-ethyl adjacent to an activating group) is 1. The normalized spacial score (nSPS) is 11.7. The summed E-state index contributed by atoms with van der Waals surface area (Å²) in [6.45, 7) is 4.31. The zero-order valence-corrected chi connectivity index (χ0v) is 16.4. The Kier molecular flexibility index (Phi) is 7.64. The van der Waals surface area contributed by atoms with Gasteiger partial charge in [-0.05, 0) is 49.9 Å². The Morgan fingerprint density at radius 2 is 1.78 bits per heavy atom. The van der Waals surface area contributed by atoms with Crippen molar-refractivity contribution >= 4 is 34.8 Å². The summed E-state index contributed by atoms with van der Waals surface area (Å²) >= 11 is 6.08. The number of hydrogen-bond donors (Lipinski definition) is 2. The Morgan fingerprint density at radius 3 is 2.37 bits per heavy atom. The van der Waals surface area contributed by atoms with Crippen LogP contribution in [0.5, 0.6) is 5.75 Å². The van der Waals surface area contributed by atoms with E-state index in [2.05, 4.69) is 10.6 Å². The Hall–Kier alpha value is -2.57. The molecule has 0 aliphatic carbocycles. The van der Waals surface area contributed by atoms with Gasteiger partial charge in [0.2, 0.25) is 11.8 Å². The van der Waals surface area contributed by atoms with Crippen molar-refractivity contribution in [1.82, 2.24) is 4.90 Å². The van der Waals surface area contributed by atoms with Crippen LogP contribution in [0.2, 0.25) is 5.02 Å². The van der Waals surface area contributed by atoms with Crippen molar-refractivity contribution in [2.75, 3.05) is 30.8 Å². The molecule has 0 spiro atoms. The van der Waals surface area contributed by atoms with E-state index in [0.29, 0.717) is 28.7 Å². The van der Waals surface area contributed by atoms with Crippen LogP contribution >= 0.6 is 11.6 Å². The quantitative estimate of drug-likeness (QED) is 0.723. The molecule has 0 aromatic heterocycles. The van der Waals surface area contributed by atoms with E-state index in [1.165, 1.54) is 0 Å². The molecule has 27 heavy (non-hydrogen) atoms. The number of hydrogen-bond acceptors (Lipinski definition) is 4. The van der Waals surface area contributed by atoms with E-state index in [-0.39, 0.29) is 18.4 Å². The third-order valence-electron chi connectivity index (χ3n) is 4.19. The van der Waals surface area contributed by atoms with Gasteiger partial charge in [0.05, 0.1) is 30.4 Å². The molecule has 0 radical (unpaired) electrons.